The van der Waals surface area contributed by atoms with Crippen LogP contribution in [0.15, 0.2) is 0 Å². The molecule has 4 nitrogen and oxygen atoms in total. The Balaban J connectivity index is 2.73. The molecule has 5 heteroatoms. The summed E-state index contributed by atoms with van der Waals surface area (Å²) in [7, 11) is 0. The van der Waals surface area contributed by atoms with E-state index < -0.39 is 11.2 Å². The Morgan fingerprint density at radius 1 is 1.00 bits per heavy atom. The molecule has 0 amide bonds. The molecule has 1 fully saturated rings. The van der Waals surface area contributed by atoms with Crippen LogP contribution in [0.25, 0.3) is 0 Å². The zero-order valence-electron chi connectivity index (χ0n) is 12.2. The van der Waals surface area contributed by atoms with E-state index >= 15 is 0 Å². The van der Waals surface area contributed by atoms with Gasteiger partial charge in [0.25, 0.3) is 0 Å². The normalized spacial score (nSPS) is 21.1. The zero-order valence-corrected chi connectivity index (χ0v) is 13.8. The second-order valence-corrected chi connectivity index (χ2v) is 5.47. The molecule has 0 atom stereocenters. The van der Waals surface area contributed by atoms with Crippen LogP contribution in [-0.2, 0) is 19.0 Å². The molecule has 0 spiro atoms. The quantitative estimate of drug-likeness (QED) is 0.406. The van der Waals surface area contributed by atoms with Gasteiger partial charge in [0.05, 0.1) is 12.0 Å². The number of esters is 1. The first-order chi connectivity index (χ1) is 9.08. The van der Waals surface area contributed by atoms with Crippen LogP contribution in [0.5, 0.6) is 0 Å². The van der Waals surface area contributed by atoms with Gasteiger partial charge in [-0.25, -0.2) is 0 Å². The van der Waals surface area contributed by atoms with Gasteiger partial charge in [0, 0.05) is 31.4 Å². The predicted octanol–water partition coefficient (Wildman–Crippen LogP) is 3.27. The van der Waals surface area contributed by atoms with Crippen molar-refractivity contribution >= 4 is 21.9 Å². The summed E-state index contributed by atoms with van der Waals surface area (Å²) in [6, 6.07) is 0. The highest BCUT2D eigenvalue weighted by atomic mass is 79.9. The molecular formula is C14H25BrO4. The van der Waals surface area contributed by atoms with Crippen LogP contribution >= 0.6 is 15.9 Å². The van der Waals surface area contributed by atoms with Gasteiger partial charge in [-0.2, -0.15) is 0 Å². The van der Waals surface area contributed by atoms with Crippen molar-refractivity contribution < 1.29 is 19.0 Å². The van der Waals surface area contributed by atoms with Crippen LogP contribution in [0, 0.1) is 5.41 Å². The minimum absolute atomic E-state index is 0.103. The first kappa shape index (κ1) is 16.9. The lowest BCUT2D eigenvalue weighted by atomic mass is 9.73. The fourth-order valence-corrected chi connectivity index (χ4v) is 3.43. The van der Waals surface area contributed by atoms with E-state index in [0.29, 0.717) is 25.2 Å². The first-order valence-electron chi connectivity index (χ1n) is 7.09. The number of ether oxygens (including phenoxy) is 3. The van der Waals surface area contributed by atoms with Gasteiger partial charge in [-0.15, -0.1) is 0 Å². The van der Waals surface area contributed by atoms with Crippen molar-refractivity contribution in [2.45, 2.75) is 52.2 Å². The summed E-state index contributed by atoms with van der Waals surface area (Å²) in [5, 5.41) is 0.632. The van der Waals surface area contributed by atoms with Gasteiger partial charge >= 0.3 is 5.97 Å². The smallest absolute Gasteiger partial charge is 0.312 e. The van der Waals surface area contributed by atoms with E-state index in [1.54, 1.807) is 0 Å². The molecule has 1 aliphatic rings. The molecule has 0 aliphatic heterocycles. The van der Waals surface area contributed by atoms with Crippen molar-refractivity contribution in [1.82, 2.24) is 0 Å². The fraction of sp³-hybridized carbons (Fsp3) is 0.929. The Hall–Kier alpha value is -0.130. The van der Waals surface area contributed by atoms with E-state index in [0.717, 1.165) is 25.7 Å². The summed E-state index contributed by atoms with van der Waals surface area (Å²) in [4.78, 5) is 12.1. The third-order valence-electron chi connectivity index (χ3n) is 3.75. The van der Waals surface area contributed by atoms with Crippen LogP contribution in [-0.4, -0.2) is 36.9 Å². The molecule has 0 bridgehead atoms. The van der Waals surface area contributed by atoms with Crippen LogP contribution in [0.2, 0.25) is 0 Å². The summed E-state index contributed by atoms with van der Waals surface area (Å²) < 4.78 is 16.8. The summed E-state index contributed by atoms with van der Waals surface area (Å²) in [5.41, 5.74) is -0.423. The minimum Gasteiger partial charge on any atom is -0.466 e. The highest BCUT2D eigenvalue weighted by Gasteiger charge is 2.48. The molecule has 112 valence electrons. The third kappa shape index (κ3) is 3.92. The largest absolute Gasteiger partial charge is 0.466 e. The van der Waals surface area contributed by atoms with Crippen LogP contribution in [0.3, 0.4) is 0 Å². The molecule has 0 aromatic heterocycles. The van der Waals surface area contributed by atoms with E-state index in [4.69, 9.17) is 14.2 Å². The van der Waals surface area contributed by atoms with E-state index in [-0.39, 0.29) is 5.97 Å². The van der Waals surface area contributed by atoms with Gasteiger partial charge in [-0.05, 0) is 33.6 Å². The molecule has 0 saturated heterocycles. The molecule has 0 unspecified atom stereocenters. The van der Waals surface area contributed by atoms with Crippen LogP contribution in [0.1, 0.15) is 46.5 Å². The van der Waals surface area contributed by atoms with E-state index in [2.05, 4.69) is 15.9 Å². The molecule has 0 aromatic rings. The van der Waals surface area contributed by atoms with Gasteiger partial charge in [-0.1, -0.05) is 15.9 Å². The van der Waals surface area contributed by atoms with Gasteiger partial charge in [0.15, 0.2) is 5.79 Å². The lowest BCUT2D eigenvalue weighted by molar-refractivity contribution is -0.257. The second-order valence-electron chi connectivity index (χ2n) is 4.91. The number of halogens is 1. The monoisotopic (exact) mass is 336 g/mol. The highest BCUT2D eigenvalue weighted by molar-refractivity contribution is 9.09. The number of carbonyl (C=O) groups excluding carboxylic acids is 1. The van der Waals surface area contributed by atoms with E-state index in [1.165, 1.54) is 0 Å². The number of hydrogen-bond donors (Lipinski definition) is 0. The van der Waals surface area contributed by atoms with E-state index in [1.807, 2.05) is 20.8 Å². The Morgan fingerprint density at radius 3 is 1.89 bits per heavy atom. The fourth-order valence-electron chi connectivity index (χ4n) is 2.64. The maximum Gasteiger partial charge on any atom is 0.312 e. The molecular weight excluding hydrogens is 312 g/mol. The molecule has 1 saturated carbocycles. The first-order valence-corrected chi connectivity index (χ1v) is 8.21. The third-order valence-corrected chi connectivity index (χ3v) is 4.82. The lowest BCUT2D eigenvalue weighted by Gasteiger charge is -2.43. The summed E-state index contributed by atoms with van der Waals surface area (Å²) in [5.74, 6) is -0.616. The topological polar surface area (TPSA) is 44.8 Å². The molecule has 1 aliphatic carbocycles. The van der Waals surface area contributed by atoms with E-state index in [9.17, 15) is 4.79 Å². The Kier molecular flexibility index (Phi) is 6.77. The standard InChI is InChI=1S/C14H25BrO4/c1-4-17-12(16)13(11-15)7-9-14(10-8-13,18-5-2)19-6-3/h4-11H2,1-3H3. The van der Waals surface area contributed by atoms with Crippen molar-refractivity contribution in [2.24, 2.45) is 5.41 Å². The molecule has 0 aromatic carbocycles. The molecule has 19 heavy (non-hydrogen) atoms. The lowest BCUT2D eigenvalue weighted by Crippen LogP contribution is -2.47. The summed E-state index contributed by atoms with van der Waals surface area (Å²) in [6.45, 7) is 7.46. The van der Waals surface area contributed by atoms with Crippen molar-refractivity contribution in [3.8, 4) is 0 Å². The Bertz CT molecular complexity index is 277. The zero-order chi connectivity index (χ0) is 14.4. The minimum atomic E-state index is -0.512. The van der Waals surface area contributed by atoms with Gasteiger partial charge in [0.2, 0.25) is 0 Å². The van der Waals surface area contributed by atoms with Crippen molar-refractivity contribution in [2.75, 3.05) is 25.2 Å². The maximum atomic E-state index is 12.1. The van der Waals surface area contributed by atoms with Crippen LogP contribution in [0.4, 0.5) is 0 Å². The van der Waals surface area contributed by atoms with Gasteiger partial charge in [0.1, 0.15) is 0 Å². The highest BCUT2D eigenvalue weighted by Crippen LogP contribution is 2.45. The van der Waals surface area contributed by atoms with Gasteiger partial charge < -0.3 is 14.2 Å². The summed E-state index contributed by atoms with van der Waals surface area (Å²) in [6.07, 6.45) is 2.94. The average Bonchev–Trinajstić information content (AvgIpc) is 2.41. The molecule has 0 radical (unpaired) electrons. The summed E-state index contributed by atoms with van der Waals surface area (Å²) >= 11 is 3.47. The Morgan fingerprint density at radius 2 is 1.53 bits per heavy atom. The molecule has 0 heterocycles. The SMILES string of the molecule is CCOC(=O)C1(CBr)CCC(OCC)(OCC)CC1. The second kappa shape index (κ2) is 7.60. The van der Waals surface area contributed by atoms with Crippen molar-refractivity contribution in [3.05, 3.63) is 0 Å². The number of alkyl halides is 1. The molecule has 0 N–H and O–H groups in total. The van der Waals surface area contributed by atoms with Gasteiger partial charge in [-0.3, -0.25) is 4.79 Å². The van der Waals surface area contributed by atoms with Crippen LogP contribution < -0.4 is 0 Å². The van der Waals surface area contributed by atoms with Crippen molar-refractivity contribution in [3.63, 3.8) is 0 Å². The number of rotatable bonds is 7. The number of carbonyl (C=O) groups is 1. The predicted molar refractivity (Wildman–Crippen MR) is 77.3 cm³/mol. The molecule has 1 rings (SSSR count). The number of hydrogen-bond acceptors (Lipinski definition) is 4. The maximum absolute atomic E-state index is 12.1. The Labute approximate surface area is 124 Å². The van der Waals surface area contributed by atoms with Crippen molar-refractivity contribution in [1.29, 1.82) is 0 Å². The average molecular weight is 337 g/mol.